The molecule has 1 aromatic carbocycles. The molecule has 0 spiro atoms. The Bertz CT molecular complexity index is 510. The van der Waals surface area contributed by atoms with Crippen molar-refractivity contribution in [2.45, 2.75) is 31.4 Å². The first kappa shape index (κ1) is 15.9. The van der Waals surface area contributed by atoms with E-state index in [2.05, 4.69) is 0 Å². The van der Waals surface area contributed by atoms with Crippen molar-refractivity contribution in [3.63, 3.8) is 0 Å². The maximum Gasteiger partial charge on any atom is 0.227 e. The molecule has 2 atom stereocenters. The van der Waals surface area contributed by atoms with Crippen LogP contribution in [0.1, 0.15) is 18.4 Å². The van der Waals surface area contributed by atoms with E-state index in [0.29, 0.717) is 19.5 Å². The molecular weight excluding hydrogens is 278 g/mol. The fraction of sp³-hybridized carbons (Fsp3) is 0.533. The fourth-order valence-electron chi connectivity index (χ4n) is 2.72. The minimum Gasteiger partial charge on any atom is -0.381 e. The minimum absolute atomic E-state index is 0.0737. The van der Waals surface area contributed by atoms with E-state index in [9.17, 15) is 13.6 Å². The van der Waals surface area contributed by atoms with Crippen LogP contribution in [0.2, 0.25) is 0 Å². The Morgan fingerprint density at radius 1 is 1.48 bits per heavy atom. The molecule has 4 nitrogen and oxygen atoms in total. The molecule has 1 heterocycles. The zero-order valence-corrected chi connectivity index (χ0v) is 12.0. The van der Waals surface area contributed by atoms with Crippen molar-refractivity contribution in [3.05, 3.63) is 35.4 Å². The van der Waals surface area contributed by atoms with Gasteiger partial charge < -0.3 is 15.4 Å². The van der Waals surface area contributed by atoms with Gasteiger partial charge in [-0.15, -0.1) is 0 Å². The van der Waals surface area contributed by atoms with E-state index in [-0.39, 0.29) is 30.0 Å². The van der Waals surface area contributed by atoms with Gasteiger partial charge in [-0.25, -0.2) is 8.78 Å². The Morgan fingerprint density at radius 3 is 2.90 bits per heavy atom. The first-order valence-corrected chi connectivity index (χ1v) is 7.01. The highest BCUT2D eigenvalue weighted by atomic mass is 19.1. The zero-order chi connectivity index (χ0) is 15.4. The Hall–Kier alpha value is -1.53. The van der Waals surface area contributed by atoms with Crippen molar-refractivity contribution in [3.8, 4) is 0 Å². The molecule has 116 valence electrons. The van der Waals surface area contributed by atoms with E-state index in [0.717, 1.165) is 24.6 Å². The lowest BCUT2D eigenvalue weighted by Gasteiger charge is -2.38. The van der Waals surface area contributed by atoms with Crippen LogP contribution in [0.15, 0.2) is 18.2 Å². The number of carbonyl (C=O) groups is 1. The summed E-state index contributed by atoms with van der Waals surface area (Å²) in [5.41, 5.74) is 5.79. The number of methoxy groups -OCH3 is 1. The van der Waals surface area contributed by atoms with Gasteiger partial charge in [0.1, 0.15) is 11.6 Å². The van der Waals surface area contributed by atoms with Crippen LogP contribution in [-0.4, -0.2) is 43.2 Å². The van der Waals surface area contributed by atoms with Crippen molar-refractivity contribution in [2.75, 3.05) is 20.2 Å². The normalized spacial score (nSPS) is 22.4. The zero-order valence-electron chi connectivity index (χ0n) is 12.0. The monoisotopic (exact) mass is 298 g/mol. The van der Waals surface area contributed by atoms with Crippen molar-refractivity contribution < 1.29 is 18.3 Å². The third-order valence-electron chi connectivity index (χ3n) is 3.94. The van der Waals surface area contributed by atoms with Gasteiger partial charge in [-0.05, 0) is 31.0 Å². The maximum atomic E-state index is 13.6. The number of ether oxygens (including phenoxy) is 1. The summed E-state index contributed by atoms with van der Waals surface area (Å²) in [5.74, 6) is -1.35. The lowest BCUT2D eigenvalue weighted by Crippen LogP contribution is -2.51. The van der Waals surface area contributed by atoms with Crippen LogP contribution in [0, 0.1) is 11.6 Å². The predicted octanol–water partition coefficient (Wildman–Crippen LogP) is 1.47. The molecule has 0 aliphatic carbocycles. The second-order valence-corrected chi connectivity index (χ2v) is 5.27. The van der Waals surface area contributed by atoms with E-state index in [1.807, 2.05) is 0 Å². The molecule has 1 amide bonds. The molecule has 0 aromatic heterocycles. The quantitative estimate of drug-likeness (QED) is 0.916. The highest BCUT2D eigenvalue weighted by molar-refractivity contribution is 5.79. The average molecular weight is 298 g/mol. The van der Waals surface area contributed by atoms with Gasteiger partial charge in [0.05, 0.1) is 12.5 Å². The number of amides is 1. The molecule has 2 N–H and O–H groups in total. The van der Waals surface area contributed by atoms with Crippen molar-refractivity contribution >= 4 is 5.91 Å². The van der Waals surface area contributed by atoms with Gasteiger partial charge in [0, 0.05) is 31.8 Å². The van der Waals surface area contributed by atoms with Gasteiger partial charge in [-0.2, -0.15) is 0 Å². The fourth-order valence-corrected chi connectivity index (χ4v) is 2.72. The number of piperidine rings is 1. The van der Waals surface area contributed by atoms with E-state index >= 15 is 0 Å². The summed E-state index contributed by atoms with van der Waals surface area (Å²) < 4.78 is 32.1. The summed E-state index contributed by atoms with van der Waals surface area (Å²) >= 11 is 0. The topological polar surface area (TPSA) is 55.6 Å². The lowest BCUT2D eigenvalue weighted by molar-refractivity contribution is -0.136. The molecule has 21 heavy (non-hydrogen) atoms. The van der Waals surface area contributed by atoms with E-state index in [1.165, 1.54) is 0 Å². The van der Waals surface area contributed by atoms with Gasteiger partial charge in [0.2, 0.25) is 5.91 Å². The van der Waals surface area contributed by atoms with Crippen LogP contribution in [0.4, 0.5) is 8.78 Å². The molecule has 1 fully saturated rings. The largest absolute Gasteiger partial charge is 0.381 e. The van der Waals surface area contributed by atoms with Crippen LogP contribution >= 0.6 is 0 Å². The van der Waals surface area contributed by atoms with Crippen LogP contribution in [-0.2, 0) is 16.0 Å². The van der Waals surface area contributed by atoms with E-state index in [4.69, 9.17) is 10.5 Å². The van der Waals surface area contributed by atoms with Gasteiger partial charge in [0.15, 0.2) is 0 Å². The third kappa shape index (κ3) is 3.77. The number of nitrogens with two attached hydrogens (primary N) is 1. The molecule has 1 aliphatic rings. The molecule has 2 rings (SSSR count). The number of halogens is 2. The highest BCUT2D eigenvalue weighted by Gasteiger charge is 2.30. The van der Waals surface area contributed by atoms with Crippen molar-refractivity contribution in [1.82, 2.24) is 4.90 Å². The standard InChI is InChI=1S/C15H20F2N2O2/c1-21-13-4-5-19(12(8-13)9-18)15(20)7-10-6-11(16)2-3-14(10)17/h2-3,6,12-13H,4-5,7-9,18H2,1H3/t12-,13+/m0/s1. The van der Waals surface area contributed by atoms with Crippen LogP contribution < -0.4 is 5.73 Å². The summed E-state index contributed by atoms with van der Waals surface area (Å²) in [5, 5.41) is 0. The number of hydrogen-bond acceptors (Lipinski definition) is 3. The van der Waals surface area contributed by atoms with Crippen molar-refractivity contribution in [2.24, 2.45) is 5.73 Å². The highest BCUT2D eigenvalue weighted by Crippen LogP contribution is 2.21. The summed E-state index contributed by atoms with van der Waals surface area (Å²) in [6, 6.07) is 3.02. The molecule has 0 unspecified atom stereocenters. The van der Waals surface area contributed by atoms with Gasteiger partial charge in [-0.3, -0.25) is 4.79 Å². The minimum atomic E-state index is -0.569. The van der Waals surface area contributed by atoms with Crippen LogP contribution in [0.5, 0.6) is 0 Å². The Balaban J connectivity index is 2.07. The Labute approximate surface area is 122 Å². The molecule has 0 saturated carbocycles. The summed E-state index contributed by atoms with van der Waals surface area (Å²) in [6.45, 7) is 0.855. The number of hydrogen-bond donors (Lipinski definition) is 1. The second kappa shape index (κ2) is 6.95. The van der Waals surface area contributed by atoms with Crippen molar-refractivity contribution in [1.29, 1.82) is 0 Å². The van der Waals surface area contributed by atoms with Crippen LogP contribution in [0.3, 0.4) is 0 Å². The molecule has 1 aromatic rings. The van der Waals surface area contributed by atoms with Gasteiger partial charge in [-0.1, -0.05) is 0 Å². The van der Waals surface area contributed by atoms with E-state index < -0.39 is 11.6 Å². The lowest BCUT2D eigenvalue weighted by atomic mass is 9.98. The Kier molecular flexibility index (Phi) is 5.25. The molecule has 1 saturated heterocycles. The first-order valence-electron chi connectivity index (χ1n) is 7.01. The van der Waals surface area contributed by atoms with Gasteiger partial charge >= 0.3 is 0 Å². The average Bonchev–Trinajstić information content (AvgIpc) is 2.50. The van der Waals surface area contributed by atoms with Gasteiger partial charge in [0.25, 0.3) is 0 Å². The third-order valence-corrected chi connectivity index (χ3v) is 3.94. The second-order valence-electron chi connectivity index (χ2n) is 5.27. The first-order chi connectivity index (χ1) is 10.0. The maximum absolute atomic E-state index is 13.6. The van der Waals surface area contributed by atoms with Crippen LogP contribution in [0.25, 0.3) is 0 Å². The number of nitrogens with zero attached hydrogens (tertiary/aromatic N) is 1. The molecule has 0 bridgehead atoms. The summed E-state index contributed by atoms with van der Waals surface area (Å²) in [7, 11) is 1.64. The molecular formula is C15H20F2N2O2. The molecule has 0 radical (unpaired) electrons. The summed E-state index contributed by atoms with van der Waals surface area (Å²) in [4.78, 5) is 14.0. The number of rotatable bonds is 4. The summed E-state index contributed by atoms with van der Waals surface area (Å²) in [6.07, 6.45) is 1.33. The molecule has 6 heteroatoms. The number of benzene rings is 1. The smallest absolute Gasteiger partial charge is 0.227 e. The molecule has 1 aliphatic heterocycles. The number of carbonyl (C=O) groups excluding carboxylic acids is 1. The van der Waals surface area contributed by atoms with E-state index in [1.54, 1.807) is 12.0 Å². The predicted molar refractivity (Wildman–Crippen MR) is 74.6 cm³/mol. The Morgan fingerprint density at radius 2 is 2.24 bits per heavy atom. The SMILES string of the molecule is CO[C@@H]1CCN(C(=O)Cc2cc(F)ccc2F)[C@H](CN)C1. The number of likely N-dealkylation sites (tertiary alicyclic amines) is 1.